The zero-order chi connectivity index (χ0) is 33.2. The number of nitrogens with zero attached hydrogens (tertiary/aromatic N) is 3. The van der Waals surface area contributed by atoms with Crippen molar-refractivity contribution in [3.05, 3.63) is 168 Å². The van der Waals surface area contributed by atoms with Crippen molar-refractivity contribution in [3.63, 3.8) is 0 Å². The maximum atomic E-state index is 5.16. The van der Waals surface area contributed by atoms with Crippen molar-refractivity contribution in [1.82, 2.24) is 15.0 Å². The molecule has 0 N–H and O–H groups in total. The van der Waals surface area contributed by atoms with Gasteiger partial charge in [-0.05, 0) is 50.7 Å². The normalized spacial score (nSPS) is 15.6. The Labute approximate surface area is 294 Å². The molecule has 1 unspecified atom stereocenters. The Hall–Kier alpha value is -5.97. The van der Waals surface area contributed by atoms with Crippen LogP contribution in [0.15, 0.2) is 152 Å². The van der Waals surface area contributed by atoms with E-state index in [1.807, 2.05) is 47.7 Å². The molecule has 1 aliphatic rings. The van der Waals surface area contributed by atoms with E-state index in [1.54, 1.807) is 0 Å². The van der Waals surface area contributed by atoms with Crippen LogP contribution in [0, 0.1) is 0 Å². The Morgan fingerprint density at radius 3 is 1.74 bits per heavy atom. The highest BCUT2D eigenvalue weighted by molar-refractivity contribution is 7.26. The standard InChI is InChI=1S/C46H31N3S/c1-46(27-26-35-33-20-9-8-18-31(33)32-19-10-11-21-34(32)38(35)28-46)39-25-24-37(41-36-22-12-13-23-40(36)50-42(39)41)45-48-43(29-14-4-2-5-15-29)47-44(49-45)30-16-6-3-7-17-30/h2-27H,28H2,1H3. The smallest absolute Gasteiger partial charge is 0.164 e. The van der Waals surface area contributed by atoms with Gasteiger partial charge >= 0.3 is 0 Å². The van der Waals surface area contributed by atoms with E-state index in [-0.39, 0.29) is 5.41 Å². The van der Waals surface area contributed by atoms with Crippen molar-refractivity contribution in [2.24, 2.45) is 0 Å². The topological polar surface area (TPSA) is 38.7 Å². The van der Waals surface area contributed by atoms with E-state index in [1.165, 1.54) is 58.4 Å². The fourth-order valence-electron chi connectivity index (χ4n) is 7.89. The van der Waals surface area contributed by atoms with Crippen molar-refractivity contribution >= 4 is 59.1 Å². The number of benzene rings is 7. The highest BCUT2D eigenvalue weighted by Gasteiger charge is 2.33. The van der Waals surface area contributed by atoms with Gasteiger partial charge in [-0.1, -0.05) is 159 Å². The van der Waals surface area contributed by atoms with Gasteiger partial charge < -0.3 is 0 Å². The lowest BCUT2D eigenvalue weighted by Gasteiger charge is -2.33. The van der Waals surface area contributed by atoms with Gasteiger partial charge in [0, 0.05) is 42.3 Å². The molecular weight excluding hydrogens is 627 g/mol. The van der Waals surface area contributed by atoms with Gasteiger partial charge in [-0.25, -0.2) is 15.0 Å². The van der Waals surface area contributed by atoms with Crippen LogP contribution in [0.4, 0.5) is 0 Å². The summed E-state index contributed by atoms with van der Waals surface area (Å²) < 4.78 is 2.55. The third-order valence-corrected chi connectivity index (χ3v) is 11.5. The van der Waals surface area contributed by atoms with Gasteiger partial charge in [0.2, 0.25) is 0 Å². The summed E-state index contributed by atoms with van der Waals surface area (Å²) >= 11 is 1.87. The molecule has 2 heterocycles. The molecule has 236 valence electrons. The molecule has 0 spiro atoms. The van der Waals surface area contributed by atoms with Crippen molar-refractivity contribution in [3.8, 4) is 34.2 Å². The molecule has 9 aromatic rings. The highest BCUT2D eigenvalue weighted by Crippen LogP contribution is 2.49. The van der Waals surface area contributed by atoms with Gasteiger partial charge in [-0.2, -0.15) is 0 Å². The summed E-state index contributed by atoms with van der Waals surface area (Å²) in [5.41, 5.74) is 6.83. The van der Waals surface area contributed by atoms with Crippen molar-refractivity contribution < 1.29 is 0 Å². The third-order valence-electron chi connectivity index (χ3n) is 10.3. The molecule has 3 nitrogen and oxygen atoms in total. The third kappa shape index (κ3) is 4.53. The second-order valence-corrected chi connectivity index (χ2v) is 14.5. The van der Waals surface area contributed by atoms with Gasteiger partial charge in [0.15, 0.2) is 17.5 Å². The number of thiophene rings is 1. The molecule has 0 amide bonds. The van der Waals surface area contributed by atoms with Gasteiger partial charge in [-0.3, -0.25) is 0 Å². The monoisotopic (exact) mass is 657 g/mol. The summed E-state index contributed by atoms with van der Waals surface area (Å²) in [4.78, 5) is 15.3. The van der Waals surface area contributed by atoms with Crippen LogP contribution in [0.25, 0.3) is 82.0 Å². The molecule has 0 saturated carbocycles. The van der Waals surface area contributed by atoms with E-state index in [0.29, 0.717) is 17.5 Å². The number of rotatable bonds is 4. The summed E-state index contributed by atoms with van der Waals surface area (Å²) in [6.45, 7) is 2.40. The second-order valence-electron chi connectivity index (χ2n) is 13.4. The Bertz CT molecular complexity index is 2740. The number of allylic oxidation sites excluding steroid dienone is 1. The zero-order valence-electron chi connectivity index (χ0n) is 27.5. The van der Waals surface area contributed by atoms with Crippen LogP contribution in [0.2, 0.25) is 0 Å². The number of hydrogen-bond acceptors (Lipinski definition) is 4. The van der Waals surface area contributed by atoms with E-state index in [0.717, 1.165) is 23.1 Å². The lowest BCUT2D eigenvalue weighted by atomic mass is 9.71. The first kappa shape index (κ1) is 29.0. The minimum atomic E-state index is -0.223. The number of hydrogen-bond donors (Lipinski definition) is 0. The minimum absolute atomic E-state index is 0.223. The van der Waals surface area contributed by atoms with Gasteiger partial charge in [-0.15, -0.1) is 11.3 Å². The lowest BCUT2D eigenvalue weighted by Crippen LogP contribution is -2.25. The molecular formula is C46H31N3S. The summed E-state index contributed by atoms with van der Waals surface area (Å²) in [5.74, 6) is 2.03. The van der Waals surface area contributed by atoms with Crippen molar-refractivity contribution in [2.75, 3.05) is 0 Å². The van der Waals surface area contributed by atoms with Crippen LogP contribution in [0.3, 0.4) is 0 Å². The van der Waals surface area contributed by atoms with E-state index in [9.17, 15) is 0 Å². The summed E-state index contributed by atoms with van der Waals surface area (Å²) in [6.07, 6.45) is 5.74. The molecule has 0 fully saturated rings. The van der Waals surface area contributed by atoms with E-state index in [2.05, 4.69) is 128 Å². The second kappa shape index (κ2) is 11.3. The fourth-order valence-corrected chi connectivity index (χ4v) is 9.27. The molecule has 0 aliphatic heterocycles. The molecule has 1 aliphatic carbocycles. The molecule has 7 aromatic carbocycles. The largest absolute Gasteiger partial charge is 0.208 e. The number of fused-ring (bicyclic) bond motifs is 9. The Kier molecular flexibility index (Phi) is 6.55. The van der Waals surface area contributed by atoms with Crippen LogP contribution in [-0.4, -0.2) is 15.0 Å². The molecule has 0 bridgehead atoms. The van der Waals surface area contributed by atoms with E-state index >= 15 is 0 Å². The molecule has 0 radical (unpaired) electrons. The van der Waals surface area contributed by atoms with Crippen LogP contribution in [0.1, 0.15) is 23.6 Å². The highest BCUT2D eigenvalue weighted by atomic mass is 32.1. The first-order valence-electron chi connectivity index (χ1n) is 17.1. The predicted octanol–water partition coefficient (Wildman–Crippen LogP) is 12.1. The molecule has 4 heteroatoms. The Morgan fingerprint density at radius 1 is 0.520 bits per heavy atom. The zero-order valence-corrected chi connectivity index (χ0v) is 28.3. The maximum absolute atomic E-state index is 5.16. The molecule has 10 rings (SSSR count). The van der Waals surface area contributed by atoms with Crippen LogP contribution in [0.5, 0.6) is 0 Å². The molecule has 2 aromatic heterocycles. The summed E-state index contributed by atoms with van der Waals surface area (Å²) in [7, 11) is 0. The number of aromatic nitrogens is 3. The quantitative estimate of drug-likeness (QED) is 0.177. The van der Waals surface area contributed by atoms with Crippen LogP contribution < -0.4 is 0 Å². The molecule has 1 atom stereocenters. The SMILES string of the molecule is CC1(c2ccc(-c3nc(-c4ccccc4)nc(-c4ccccc4)n3)c3c2sc2ccccc23)C=Cc2c(c3ccccc3c3ccccc23)C1. The Balaban J connectivity index is 1.21. The fraction of sp³-hybridized carbons (Fsp3) is 0.0652. The first-order valence-corrected chi connectivity index (χ1v) is 17.9. The molecule has 0 saturated heterocycles. The first-order chi connectivity index (χ1) is 24.6. The Morgan fingerprint density at radius 2 is 1.06 bits per heavy atom. The van der Waals surface area contributed by atoms with Gasteiger partial charge in [0.1, 0.15) is 0 Å². The average molecular weight is 658 g/mol. The van der Waals surface area contributed by atoms with E-state index < -0.39 is 0 Å². The predicted molar refractivity (Wildman–Crippen MR) is 211 cm³/mol. The van der Waals surface area contributed by atoms with E-state index in [4.69, 9.17) is 15.0 Å². The minimum Gasteiger partial charge on any atom is -0.208 e. The average Bonchev–Trinajstić information content (AvgIpc) is 3.58. The summed E-state index contributed by atoms with van der Waals surface area (Å²) in [5, 5.41) is 7.73. The van der Waals surface area contributed by atoms with Crippen molar-refractivity contribution in [1.29, 1.82) is 0 Å². The van der Waals surface area contributed by atoms with Crippen molar-refractivity contribution in [2.45, 2.75) is 18.8 Å². The van der Waals surface area contributed by atoms with Crippen LogP contribution in [-0.2, 0) is 11.8 Å². The summed E-state index contributed by atoms with van der Waals surface area (Å²) in [6, 6.07) is 51.5. The van der Waals surface area contributed by atoms with Crippen LogP contribution >= 0.6 is 11.3 Å². The lowest BCUT2D eigenvalue weighted by molar-refractivity contribution is 0.596. The maximum Gasteiger partial charge on any atom is 0.164 e. The van der Waals surface area contributed by atoms with Gasteiger partial charge in [0.25, 0.3) is 0 Å². The van der Waals surface area contributed by atoms with Gasteiger partial charge in [0.05, 0.1) is 0 Å². The molecule has 50 heavy (non-hydrogen) atoms.